The van der Waals surface area contributed by atoms with Crippen LogP contribution in [-0.4, -0.2) is 13.2 Å². The molecule has 0 radical (unpaired) electrons. The summed E-state index contributed by atoms with van der Waals surface area (Å²) in [6, 6.07) is 7.89. The molecule has 0 saturated heterocycles. The molecule has 0 aliphatic heterocycles. The maximum atomic E-state index is 8.15. The second kappa shape index (κ2) is 5.94. The Balaban J connectivity index is 2.36. The van der Waals surface area contributed by atoms with Crippen molar-refractivity contribution >= 4 is 0 Å². The maximum absolute atomic E-state index is 8.15. The van der Waals surface area contributed by atoms with Crippen LogP contribution in [0.2, 0.25) is 0 Å². The highest BCUT2D eigenvalue weighted by atomic mass is 16.5. The van der Waals surface area contributed by atoms with Crippen molar-refractivity contribution < 1.29 is 4.74 Å². The quantitative estimate of drug-likeness (QED) is 0.413. The van der Waals surface area contributed by atoms with Gasteiger partial charge >= 0.3 is 0 Å². The molecular formula is C11H15N3O. The lowest BCUT2D eigenvalue weighted by atomic mass is 10.2. The molecule has 4 nitrogen and oxygen atoms in total. The van der Waals surface area contributed by atoms with Crippen LogP contribution in [0.5, 0.6) is 5.75 Å². The van der Waals surface area contributed by atoms with Crippen LogP contribution < -0.4 is 4.74 Å². The van der Waals surface area contributed by atoms with Crippen molar-refractivity contribution in [1.82, 2.24) is 0 Å². The number of aryl methyl sites for hydroxylation is 1. The molecule has 4 heteroatoms. The Kier molecular flexibility index (Phi) is 4.51. The third-order valence-corrected chi connectivity index (χ3v) is 2.01. The van der Waals surface area contributed by atoms with Crippen molar-refractivity contribution in [3.63, 3.8) is 0 Å². The zero-order valence-corrected chi connectivity index (χ0v) is 9.05. The van der Waals surface area contributed by atoms with Gasteiger partial charge in [-0.3, -0.25) is 0 Å². The molecule has 0 unspecified atom stereocenters. The monoisotopic (exact) mass is 205 g/mol. The Labute approximate surface area is 89.5 Å². The summed E-state index contributed by atoms with van der Waals surface area (Å²) >= 11 is 0. The highest BCUT2D eigenvalue weighted by molar-refractivity contribution is 5.26. The minimum atomic E-state index is 0.238. The predicted octanol–water partition coefficient (Wildman–Crippen LogP) is 3.32. The Morgan fingerprint density at radius 1 is 1.40 bits per heavy atom. The van der Waals surface area contributed by atoms with Crippen LogP contribution in [0.25, 0.3) is 10.4 Å². The summed E-state index contributed by atoms with van der Waals surface area (Å²) in [5, 5.41) is 3.50. The topological polar surface area (TPSA) is 58.0 Å². The molecule has 15 heavy (non-hydrogen) atoms. The van der Waals surface area contributed by atoms with Crippen LogP contribution in [0, 0.1) is 12.8 Å². The normalized spacial score (nSPS) is 11.6. The number of rotatable bonds is 5. The van der Waals surface area contributed by atoms with Gasteiger partial charge < -0.3 is 4.74 Å². The first-order chi connectivity index (χ1) is 7.22. The summed E-state index contributed by atoms with van der Waals surface area (Å²) in [4.78, 5) is 2.71. The lowest BCUT2D eigenvalue weighted by molar-refractivity contribution is 0.264. The molecular weight excluding hydrogens is 190 g/mol. The van der Waals surface area contributed by atoms with E-state index in [2.05, 4.69) is 10.0 Å². The van der Waals surface area contributed by atoms with Gasteiger partial charge in [-0.05, 0) is 30.5 Å². The Morgan fingerprint density at radius 3 is 2.67 bits per heavy atom. The van der Waals surface area contributed by atoms with Crippen molar-refractivity contribution in [3.8, 4) is 5.75 Å². The second-order valence-corrected chi connectivity index (χ2v) is 3.64. The molecule has 1 atom stereocenters. The molecule has 1 aromatic rings. The minimum absolute atomic E-state index is 0.238. The van der Waals surface area contributed by atoms with Crippen LogP contribution in [0.15, 0.2) is 29.4 Å². The van der Waals surface area contributed by atoms with E-state index in [-0.39, 0.29) is 5.92 Å². The summed E-state index contributed by atoms with van der Waals surface area (Å²) in [6.07, 6.45) is 0. The fraction of sp³-hybridized carbons (Fsp3) is 0.455. The average Bonchev–Trinajstić information content (AvgIpc) is 2.25. The van der Waals surface area contributed by atoms with Crippen molar-refractivity contribution in [1.29, 1.82) is 0 Å². The number of ether oxygens (including phenoxy) is 1. The third-order valence-electron chi connectivity index (χ3n) is 2.01. The molecule has 1 aromatic carbocycles. The van der Waals surface area contributed by atoms with Crippen LogP contribution in [0.3, 0.4) is 0 Å². The first kappa shape index (κ1) is 11.4. The first-order valence-corrected chi connectivity index (χ1v) is 4.92. The average molecular weight is 205 g/mol. The van der Waals surface area contributed by atoms with Crippen molar-refractivity contribution in [2.45, 2.75) is 13.8 Å². The molecule has 0 heterocycles. The van der Waals surface area contributed by atoms with E-state index in [0.29, 0.717) is 13.2 Å². The Morgan fingerprint density at radius 2 is 2.07 bits per heavy atom. The van der Waals surface area contributed by atoms with Crippen molar-refractivity contribution in [2.75, 3.05) is 13.2 Å². The van der Waals surface area contributed by atoms with Gasteiger partial charge in [-0.2, -0.15) is 0 Å². The van der Waals surface area contributed by atoms with Gasteiger partial charge in [-0.25, -0.2) is 0 Å². The number of hydrogen-bond acceptors (Lipinski definition) is 2. The number of nitrogens with zero attached hydrogens (tertiary/aromatic N) is 3. The standard InChI is InChI=1S/C11H15N3O/c1-9-3-5-11(6-4-9)15-8-10(2)7-13-14-12/h3-6,10H,7-8H2,1-2H3/t10-/m0/s1. The molecule has 0 fully saturated rings. The summed E-state index contributed by atoms with van der Waals surface area (Å²) in [5.74, 6) is 1.09. The van der Waals surface area contributed by atoms with Gasteiger partial charge in [-0.1, -0.05) is 29.7 Å². The number of hydrogen-bond donors (Lipinski definition) is 0. The van der Waals surface area contributed by atoms with Gasteiger partial charge in [0.15, 0.2) is 0 Å². The molecule has 0 spiro atoms. The summed E-state index contributed by atoms with van der Waals surface area (Å²) in [6.45, 7) is 5.07. The van der Waals surface area contributed by atoms with Gasteiger partial charge in [0.2, 0.25) is 0 Å². The Hall–Kier alpha value is -1.67. The highest BCUT2D eigenvalue weighted by Crippen LogP contribution is 2.12. The van der Waals surface area contributed by atoms with E-state index >= 15 is 0 Å². The largest absolute Gasteiger partial charge is 0.493 e. The molecule has 0 aromatic heterocycles. The molecule has 1 rings (SSSR count). The lowest BCUT2D eigenvalue weighted by Crippen LogP contribution is -2.11. The highest BCUT2D eigenvalue weighted by Gasteiger charge is 2.01. The van der Waals surface area contributed by atoms with E-state index < -0.39 is 0 Å². The van der Waals surface area contributed by atoms with Gasteiger partial charge in [-0.15, -0.1) is 0 Å². The molecule has 0 aliphatic carbocycles. The molecule has 0 saturated carbocycles. The maximum Gasteiger partial charge on any atom is 0.119 e. The van der Waals surface area contributed by atoms with Crippen LogP contribution in [0.4, 0.5) is 0 Å². The lowest BCUT2D eigenvalue weighted by Gasteiger charge is -2.10. The van der Waals surface area contributed by atoms with E-state index in [9.17, 15) is 0 Å². The van der Waals surface area contributed by atoms with Crippen molar-refractivity contribution in [3.05, 3.63) is 40.3 Å². The summed E-state index contributed by atoms with van der Waals surface area (Å²) in [7, 11) is 0. The van der Waals surface area contributed by atoms with Gasteiger partial charge in [0.25, 0.3) is 0 Å². The van der Waals surface area contributed by atoms with Crippen LogP contribution in [0.1, 0.15) is 12.5 Å². The predicted molar refractivity (Wildman–Crippen MR) is 59.9 cm³/mol. The smallest absolute Gasteiger partial charge is 0.119 e. The van der Waals surface area contributed by atoms with E-state index in [1.165, 1.54) is 5.56 Å². The molecule has 0 aliphatic rings. The molecule has 0 amide bonds. The van der Waals surface area contributed by atoms with Gasteiger partial charge in [0, 0.05) is 11.5 Å². The molecule has 80 valence electrons. The fourth-order valence-corrected chi connectivity index (χ4v) is 1.10. The fourth-order valence-electron chi connectivity index (χ4n) is 1.10. The second-order valence-electron chi connectivity index (χ2n) is 3.64. The van der Waals surface area contributed by atoms with E-state index in [0.717, 1.165) is 5.75 Å². The first-order valence-electron chi connectivity index (χ1n) is 4.92. The number of benzene rings is 1. The summed E-state index contributed by atoms with van der Waals surface area (Å²) < 4.78 is 5.54. The zero-order valence-electron chi connectivity index (χ0n) is 9.05. The van der Waals surface area contributed by atoms with E-state index in [1.807, 2.05) is 38.1 Å². The zero-order chi connectivity index (χ0) is 11.1. The van der Waals surface area contributed by atoms with Crippen LogP contribution in [-0.2, 0) is 0 Å². The van der Waals surface area contributed by atoms with E-state index in [1.54, 1.807) is 0 Å². The van der Waals surface area contributed by atoms with Crippen molar-refractivity contribution in [2.24, 2.45) is 11.0 Å². The molecule has 0 N–H and O–H groups in total. The van der Waals surface area contributed by atoms with Crippen LogP contribution >= 0.6 is 0 Å². The van der Waals surface area contributed by atoms with E-state index in [4.69, 9.17) is 10.3 Å². The summed E-state index contributed by atoms with van der Waals surface area (Å²) in [5.41, 5.74) is 9.36. The third kappa shape index (κ3) is 4.38. The minimum Gasteiger partial charge on any atom is -0.493 e. The van der Waals surface area contributed by atoms with Gasteiger partial charge in [0.1, 0.15) is 5.75 Å². The SMILES string of the molecule is Cc1ccc(OC[C@@H](C)CN=[N+]=[N-])cc1. The molecule has 0 bridgehead atoms. The number of azide groups is 1. The Bertz CT molecular complexity index is 341. The van der Waals surface area contributed by atoms with Gasteiger partial charge in [0.05, 0.1) is 6.61 Å².